The summed E-state index contributed by atoms with van der Waals surface area (Å²) in [5.41, 5.74) is 1.62. The maximum absolute atomic E-state index is 12.2. The van der Waals surface area contributed by atoms with E-state index < -0.39 is 0 Å². The van der Waals surface area contributed by atoms with Gasteiger partial charge < -0.3 is 14.2 Å². The van der Waals surface area contributed by atoms with Gasteiger partial charge in [0.2, 0.25) is 0 Å². The minimum absolute atomic E-state index is 0.126. The third-order valence-electron chi connectivity index (χ3n) is 3.51. The van der Waals surface area contributed by atoms with Gasteiger partial charge in [0.1, 0.15) is 17.6 Å². The van der Waals surface area contributed by atoms with Crippen LogP contribution in [-0.4, -0.2) is 18.0 Å². The van der Waals surface area contributed by atoms with E-state index in [-0.39, 0.29) is 24.6 Å². The van der Waals surface area contributed by atoms with E-state index in [4.69, 9.17) is 25.8 Å². The summed E-state index contributed by atoms with van der Waals surface area (Å²) in [6.45, 7) is 2.59. The zero-order chi connectivity index (χ0) is 16.9. The quantitative estimate of drug-likeness (QED) is 0.580. The van der Waals surface area contributed by atoms with Gasteiger partial charge in [0.15, 0.2) is 6.79 Å². The first-order valence-electron chi connectivity index (χ1n) is 7.53. The summed E-state index contributed by atoms with van der Waals surface area (Å²) in [6.07, 6.45) is 0. The van der Waals surface area contributed by atoms with Crippen molar-refractivity contribution in [3.8, 4) is 5.75 Å². The number of halogens is 1. The van der Waals surface area contributed by atoms with E-state index in [0.29, 0.717) is 17.4 Å². The molecule has 24 heavy (non-hydrogen) atoms. The van der Waals surface area contributed by atoms with Crippen molar-refractivity contribution in [3.05, 3.63) is 58.6 Å². The molecule has 1 atom stereocenters. The Labute approximate surface area is 150 Å². The lowest BCUT2D eigenvalue weighted by Gasteiger charge is -2.21. The third-order valence-corrected chi connectivity index (χ3v) is 4.82. The van der Waals surface area contributed by atoms with Crippen molar-refractivity contribution in [2.75, 3.05) is 6.79 Å². The summed E-state index contributed by atoms with van der Waals surface area (Å²) in [5.74, 6) is 0.423. The van der Waals surface area contributed by atoms with E-state index >= 15 is 0 Å². The topological polar surface area (TPSA) is 44.8 Å². The van der Waals surface area contributed by atoms with Gasteiger partial charge in [0, 0.05) is 21.0 Å². The normalized spacial score (nSPS) is 14.4. The molecule has 1 aliphatic rings. The summed E-state index contributed by atoms with van der Waals surface area (Å²) in [4.78, 5) is 13.3. The van der Waals surface area contributed by atoms with E-state index in [2.05, 4.69) is 0 Å². The molecule has 3 rings (SSSR count). The number of ether oxygens (including phenoxy) is 3. The van der Waals surface area contributed by atoms with Gasteiger partial charge >= 0.3 is 5.97 Å². The number of hydrogen-bond donors (Lipinski definition) is 0. The molecule has 0 radical (unpaired) electrons. The lowest BCUT2D eigenvalue weighted by atomic mass is 10.1. The second-order valence-electron chi connectivity index (χ2n) is 5.34. The first-order chi connectivity index (χ1) is 11.6. The van der Waals surface area contributed by atoms with E-state index in [0.717, 1.165) is 16.0 Å². The first-order valence-corrected chi connectivity index (χ1v) is 8.79. The van der Waals surface area contributed by atoms with Crippen LogP contribution in [-0.2, 0) is 27.5 Å². The van der Waals surface area contributed by atoms with Crippen molar-refractivity contribution in [2.24, 2.45) is 0 Å². The van der Waals surface area contributed by atoms with Crippen LogP contribution in [0, 0.1) is 0 Å². The van der Waals surface area contributed by atoms with Gasteiger partial charge in [-0.1, -0.05) is 29.8 Å². The standard InChI is InChI=1S/C18H17ClO4S/c1-12(24-16-5-3-2-4-6-16)18(20)22-10-14-8-15(19)7-13-9-21-11-23-17(13)14/h2-8,12H,9-11H2,1H3/t12-/m0/s1. The fourth-order valence-corrected chi connectivity index (χ4v) is 3.53. The van der Waals surface area contributed by atoms with Crippen molar-refractivity contribution in [3.63, 3.8) is 0 Å². The molecule has 126 valence electrons. The molecular weight excluding hydrogens is 348 g/mol. The Balaban J connectivity index is 1.63. The average molecular weight is 365 g/mol. The molecule has 4 nitrogen and oxygen atoms in total. The van der Waals surface area contributed by atoms with Gasteiger partial charge in [-0.3, -0.25) is 4.79 Å². The maximum atomic E-state index is 12.2. The zero-order valence-electron chi connectivity index (χ0n) is 13.2. The van der Waals surface area contributed by atoms with Gasteiger partial charge in [0.25, 0.3) is 0 Å². The number of thioether (sulfide) groups is 1. The Bertz CT molecular complexity index is 720. The second kappa shape index (κ2) is 7.92. The van der Waals surface area contributed by atoms with Crippen LogP contribution in [0.15, 0.2) is 47.4 Å². The van der Waals surface area contributed by atoms with Gasteiger partial charge in [-0.2, -0.15) is 0 Å². The fourth-order valence-electron chi connectivity index (χ4n) is 2.38. The van der Waals surface area contributed by atoms with Crippen molar-refractivity contribution in [1.29, 1.82) is 0 Å². The average Bonchev–Trinajstić information content (AvgIpc) is 2.60. The lowest BCUT2D eigenvalue weighted by molar-refractivity contribution is -0.144. The molecule has 0 unspecified atom stereocenters. The number of rotatable bonds is 5. The molecule has 2 aromatic carbocycles. The van der Waals surface area contributed by atoms with E-state index in [1.165, 1.54) is 11.8 Å². The van der Waals surface area contributed by atoms with Crippen LogP contribution < -0.4 is 4.74 Å². The van der Waals surface area contributed by atoms with Crippen LogP contribution in [0.3, 0.4) is 0 Å². The number of esters is 1. The minimum atomic E-state index is -0.299. The van der Waals surface area contributed by atoms with Gasteiger partial charge in [-0.15, -0.1) is 11.8 Å². The number of fused-ring (bicyclic) bond motifs is 1. The Hall–Kier alpha value is -1.69. The summed E-state index contributed by atoms with van der Waals surface area (Å²) in [7, 11) is 0. The zero-order valence-corrected chi connectivity index (χ0v) is 14.7. The highest BCUT2D eigenvalue weighted by atomic mass is 35.5. The van der Waals surface area contributed by atoms with Crippen LogP contribution >= 0.6 is 23.4 Å². The van der Waals surface area contributed by atoms with Crippen molar-refractivity contribution in [1.82, 2.24) is 0 Å². The molecule has 1 heterocycles. The lowest BCUT2D eigenvalue weighted by Crippen LogP contribution is -2.18. The maximum Gasteiger partial charge on any atom is 0.319 e. The van der Waals surface area contributed by atoms with Gasteiger partial charge in [-0.25, -0.2) is 0 Å². The van der Waals surface area contributed by atoms with Crippen LogP contribution in [0.4, 0.5) is 0 Å². The molecule has 0 amide bonds. The summed E-state index contributed by atoms with van der Waals surface area (Å²) in [6, 6.07) is 13.3. The molecule has 1 aliphatic heterocycles. The predicted molar refractivity (Wildman–Crippen MR) is 93.3 cm³/mol. The van der Waals surface area contributed by atoms with Crippen molar-refractivity contribution < 1.29 is 19.0 Å². The highest BCUT2D eigenvalue weighted by Gasteiger charge is 2.20. The molecule has 6 heteroatoms. The SMILES string of the molecule is C[C@H](Sc1ccccc1)C(=O)OCc1cc(Cl)cc2c1OCOC2. The molecular formula is C18H17ClO4S. The highest BCUT2D eigenvalue weighted by molar-refractivity contribution is 8.00. The second-order valence-corrected chi connectivity index (χ2v) is 7.20. The Morgan fingerprint density at radius 2 is 2.12 bits per heavy atom. The number of hydrogen-bond acceptors (Lipinski definition) is 5. The smallest absolute Gasteiger partial charge is 0.319 e. The largest absolute Gasteiger partial charge is 0.467 e. The third kappa shape index (κ3) is 4.23. The molecule has 0 N–H and O–H groups in total. The first kappa shape index (κ1) is 17.1. The molecule has 0 aromatic heterocycles. The number of carbonyl (C=O) groups excluding carboxylic acids is 1. The van der Waals surface area contributed by atoms with Crippen LogP contribution in [0.1, 0.15) is 18.1 Å². The monoisotopic (exact) mass is 364 g/mol. The van der Waals surface area contributed by atoms with Gasteiger partial charge in [0.05, 0.1) is 6.61 Å². The molecule has 0 aliphatic carbocycles. The van der Waals surface area contributed by atoms with Gasteiger partial charge in [-0.05, 0) is 31.2 Å². The summed E-state index contributed by atoms with van der Waals surface area (Å²) < 4.78 is 16.2. The van der Waals surface area contributed by atoms with E-state index in [1.807, 2.05) is 37.3 Å². The van der Waals surface area contributed by atoms with Crippen LogP contribution in [0.2, 0.25) is 5.02 Å². The van der Waals surface area contributed by atoms with Crippen molar-refractivity contribution >= 4 is 29.3 Å². The molecule has 0 saturated heterocycles. The minimum Gasteiger partial charge on any atom is -0.467 e. The molecule has 0 fully saturated rings. The Kier molecular flexibility index (Phi) is 5.66. The summed E-state index contributed by atoms with van der Waals surface area (Å²) >= 11 is 7.58. The van der Waals surface area contributed by atoms with E-state index in [9.17, 15) is 4.79 Å². The number of carbonyl (C=O) groups is 1. The fraction of sp³-hybridized carbons (Fsp3) is 0.278. The Morgan fingerprint density at radius 3 is 2.92 bits per heavy atom. The molecule has 0 saturated carbocycles. The Morgan fingerprint density at radius 1 is 1.33 bits per heavy atom. The molecule has 2 aromatic rings. The highest BCUT2D eigenvalue weighted by Crippen LogP contribution is 2.32. The summed E-state index contributed by atoms with van der Waals surface area (Å²) in [5, 5.41) is 0.271. The van der Waals surface area contributed by atoms with Crippen molar-refractivity contribution in [2.45, 2.75) is 30.3 Å². The van der Waals surface area contributed by atoms with Crippen LogP contribution in [0.5, 0.6) is 5.75 Å². The van der Waals surface area contributed by atoms with E-state index in [1.54, 1.807) is 12.1 Å². The predicted octanol–water partition coefficient (Wildman–Crippen LogP) is 4.43. The van der Waals surface area contributed by atoms with Crippen LogP contribution in [0.25, 0.3) is 0 Å². The molecule has 0 bridgehead atoms. The number of benzene rings is 2. The molecule has 0 spiro atoms.